The Balaban J connectivity index is 2.48. The number of carbonyl (C=O) groups is 3. The lowest BCUT2D eigenvalue weighted by Crippen LogP contribution is -2.60. The van der Waals surface area contributed by atoms with Crippen molar-refractivity contribution in [3.63, 3.8) is 0 Å². The average molecular weight is 433 g/mol. The maximum atomic E-state index is 13.5. The van der Waals surface area contributed by atoms with Gasteiger partial charge in [-0.25, -0.2) is 9.59 Å². The molecule has 0 saturated carbocycles. The van der Waals surface area contributed by atoms with E-state index in [1.165, 1.54) is 14.2 Å². The molecule has 2 rings (SSSR count). The van der Waals surface area contributed by atoms with Gasteiger partial charge in [0.2, 0.25) is 5.91 Å². The van der Waals surface area contributed by atoms with Gasteiger partial charge in [0.15, 0.2) is 5.76 Å². The van der Waals surface area contributed by atoms with Crippen LogP contribution in [0.4, 0.5) is 4.79 Å². The molecule has 2 unspecified atom stereocenters. The van der Waals surface area contributed by atoms with E-state index in [-0.39, 0.29) is 18.4 Å². The van der Waals surface area contributed by atoms with Crippen molar-refractivity contribution in [1.82, 2.24) is 10.2 Å². The van der Waals surface area contributed by atoms with Crippen molar-refractivity contribution in [3.05, 3.63) is 41.7 Å². The zero-order valence-electron chi connectivity index (χ0n) is 18.7. The van der Waals surface area contributed by atoms with Crippen LogP contribution in [0.1, 0.15) is 51.5 Å². The zero-order valence-corrected chi connectivity index (χ0v) is 18.7. The van der Waals surface area contributed by atoms with Gasteiger partial charge >= 0.3 is 17.7 Å². The highest BCUT2D eigenvalue weighted by Crippen LogP contribution is 2.32. The number of rotatable bonds is 12. The number of methoxy groups -OCH3 is 2. The van der Waals surface area contributed by atoms with Gasteiger partial charge in [-0.05, 0) is 30.9 Å². The Labute approximate surface area is 183 Å². The van der Waals surface area contributed by atoms with Gasteiger partial charge in [0.25, 0.3) is 0 Å². The van der Waals surface area contributed by atoms with Crippen LogP contribution in [-0.4, -0.2) is 55.4 Å². The van der Waals surface area contributed by atoms with Crippen LogP contribution in [0.25, 0.3) is 6.08 Å². The summed E-state index contributed by atoms with van der Waals surface area (Å²) in [5.74, 6) is -1.30. The molecule has 1 heterocycles. The number of imide groups is 1. The fourth-order valence-corrected chi connectivity index (χ4v) is 3.53. The molecule has 170 valence electrons. The highest BCUT2D eigenvalue weighted by Gasteiger charge is 2.56. The maximum Gasteiger partial charge on any atom is 0.368 e. The zero-order chi connectivity index (χ0) is 22.9. The quantitative estimate of drug-likeness (QED) is 0.235. The van der Waals surface area contributed by atoms with E-state index in [0.717, 1.165) is 29.7 Å². The Kier molecular flexibility index (Phi) is 9.05. The Bertz CT molecular complexity index is 795. The Hall–Kier alpha value is -2.87. The van der Waals surface area contributed by atoms with E-state index >= 15 is 0 Å². The van der Waals surface area contributed by atoms with Gasteiger partial charge in [0, 0.05) is 7.11 Å². The molecule has 1 aromatic rings. The third kappa shape index (κ3) is 5.64. The van der Waals surface area contributed by atoms with Crippen LogP contribution in [0, 0.1) is 0 Å². The second-order valence-electron chi connectivity index (χ2n) is 7.34. The third-order valence-electron chi connectivity index (χ3n) is 5.26. The van der Waals surface area contributed by atoms with Gasteiger partial charge in [0.1, 0.15) is 12.6 Å². The largest absolute Gasteiger partial charge is 0.495 e. The number of carbonyl (C=O) groups excluding carboxylic acids is 3. The molecule has 3 amide bonds. The van der Waals surface area contributed by atoms with Crippen molar-refractivity contribution in [2.45, 2.75) is 57.8 Å². The Morgan fingerprint density at radius 2 is 1.90 bits per heavy atom. The van der Waals surface area contributed by atoms with Crippen LogP contribution in [-0.2, 0) is 23.8 Å². The standard InChI is InChI=1S/C23H32N2O6/c1-5-7-9-14-18(6-2)31-21(27)23(30-4,25-16-20(26)24-22(25)28)19(29-3)15-17-12-10-8-11-13-17/h8,10-13,15,18H,5-7,9,14,16H2,1-4H3,(H,24,26,28). The number of hydrogen-bond acceptors (Lipinski definition) is 6. The van der Waals surface area contributed by atoms with Gasteiger partial charge in [0.05, 0.1) is 7.11 Å². The van der Waals surface area contributed by atoms with Crippen molar-refractivity contribution < 1.29 is 28.6 Å². The topological polar surface area (TPSA) is 94.2 Å². The number of ether oxygens (including phenoxy) is 3. The molecule has 2 atom stereocenters. The van der Waals surface area contributed by atoms with Gasteiger partial charge in [-0.3, -0.25) is 15.0 Å². The Morgan fingerprint density at radius 3 is 2.42 bits per heavy atom. The lowest BCUT2D eigenvalue weighted by Gasteiger charge is -2.38. The summed E-state index contributed by atoms with van der Waals surface area (Å²) >= 11 is 0. The van der Waals surface area contributed by atoms with E-state index in [9.17, 15) is 14.4 Å². The molecule has 0 aliphatic carbocycles. The van der Waals surface area contributed by atoms with E-state index in [4.69, 9.17) is 14.2 Å². The molecule has 0 bridgehead atoms. The van der Waals surface area contributed by atoms with Gasteiger partial charge < -0.3 is 14.2 Å². The first-order valence-corrected chi connectivity index (χ1v) is 10.6. The van der Waals surface area contributed by atoms with Crippen LogP contribution in [0.3, 0.4) is 0 Å². The first kappa shape index (κ1) is 24.4. The number of nitrogens with one attached hydrogen (secondary N) is 1. The molecule has 1 aliphatic heterocycles. The first-order valence-electron chi connectivity index (χ1n) is 10.6. The molecule has 0 radical (unpaired) electrons. The fraction of sp³-hybridized carbons (Fsp3) is 0.522. The normalized spacial score (nSPS) is 17.2. The van der Waals surface area contributed by atoms with E-state index in [1.54, 1.807) is 6.08 Å². The maximum absolute atomic E-state index is 13.5. The lowest BCUT2D eigenvalue weighted by atomic mass is 10.0. The molecule has 1 aromatic carbocycles. The highest BCUT2D eigenvalue weighted by atomic mass is 16.6. The van der Waals surface area contributed by atoms with Crippen LogP contribution >= 0.6 is 0 Å². The summed E-state index contributed by atoms with van der Waals surface area (Å²) in [5, 5.41) is 2.19. The van der Waals surface area contributed by atoms with Gasteiger partial charge in [-0.15, -0.1) is 0 Å². The number of nitrogens with zero attached hydrogens (tertiary/aromatic N) is 1. The van der Waals surface area contributed by atoms with E-state index in [1.807, 2.05) is 37.3 Å². The van der Waals surface area contributed by atoms with Crippen molar-refractivity contribution in [2.24, 2.45) is 0 Å². The van der Waals surface area contributed by atoms with Crippen LogP contribution < -0.4 is 5.32 Å². The van der Waals surface area contributed by atoms with Gasteiger partial charge in [-0.2, -0.15) is 0 Å². The smallest absolute Gasteiger partial charge is 0.368 e. The SMILES string of the molecule is CCCCCC(CC)OC(=O)C(OC)(C(=Cc1ccccc1)OC)N1CC(=O)NC1=O. The first-order chi connectivity index (χ1) is 14.9. The second-order valence-corrected chi connectivity index (χ2v) is 7.34. The molecular weight excluding hydrogens is 400 g/mol. The molecule has 0 aromatic heterocycles. The fourth-order valence-electron chi connectivity index (χ4n) is 3.53. The summed E-state index contributed by atoms with van der Waals surface area (Å²) in [6, 6.07) is 8.41. The minimum atomic E-state index is -2.04. The predicted octanol–water partition coefficient (Wildman–Crippen LogP) is 3.47. The Morgan fingerprint density at radius 1 is 1.19 bits per heavy atom. The van der Waals surface area contributed by atoms with Crippen molar-refractivity contribution in [3.8, 4) is 0 Å². The van der Waals surface area contributed by atoms with E-state index < -0.39 is 23.6 Å². The van der Waals surface area contributed by atoms with E-state index in [0.29, 0.717) is 12.8 Å². The van der Waals surface area contributed by atoms with Crippen molar-refractivity contribution >= 4 is 24.0 Å². The number of benzene rings is 1. The molecule has 31 heavy (non-hydrogen) atoms. The van der Waals surface area contributed by atoms with Crippen molar-refractivity contribution in [1.29, 1.82) is 0 Å². The number of esters is 1. The van der Waals surface area contributed by atoms with Crippen LogP contribution in [0.2, 0.25) is 0 Å². The summed E-state index contributed by atoms with van der Waals surface area (Å²) in [6.45, 7) is 3.68. The summed E-state index contributed by atoms with van der Waals surface area (Å²) in [4.78, 5) is 39.0. The molecular formula is C23H32N2O6. The second kappa shape index (κ2) is 11.5. The third-order valence-corrected chi connectivity index (χ3v) is 5.26. The van der Waals surface area contributed by atoms with Crippen molar-refractivity contribution in [2.75, 3.05) is 20.8 Å². The molecule has 1 aliphatic rings. The van der Waals surface area contributed by atoms with Gasteiger partial charge in [-0.1, -0.05) is 57.0 Å². The summed E-state index contributed by atoms with van der Waals surface area (Å²) in [5.41, 5.74) is -1.31. The molecule has 1 N–H and O–H groups in total. The minimum Gasteiger partial charge on any atom is -0.495 e. The van der Waals surface area contributed by atoms with Crippen LogP contribution in [0.5, 0.6) is 0 Å². The van der Waals surface area contributed by atoms with Crippen LogP contribution in [0.15, 0.2) is 36.1 Å². The van der Waals surface area contributed by atoms with E-state index in [2.05, 4.69) is 12.2 Å². The average Bonchev–Trinajstić information content (AvgIpc) is 3.12. The summed E-state index contributed by atoms with van der Waals surface area (Å²) in [7, 11) is 2.66. The highest BCUT2D eigenvalue weighted by molar-refractivity contribution is 6.05. The number of amides is 3. The summed E-state index contributed by atoms with van der Waals surface area (Å²) in [6.07, 6.45) is 5.57. The monoisotopic (exact) mass is 432 g/mol. The molecule has 1 fully saturated rings. The number of unbranched alkanes of at least 4 members (excludes halogenated alkanes) is 2. The molecule has 8 nitrogen and oxygen atoms in total. The number of urea groups is 1. The molecule has 1 saturated heterocycles. The lowest BCUT2D eigenvalue weighted by molar-refractivity contribution is -0.192. The predicted molar refractivity (Wildman–Crippen MR) is 116 cm³/mol. The molecule has 0 spiro atoms. The molecule has 8 heteroatoms. The minimum absolute atomic E-state index is 0.0412. The number of hydrogen-bond donors (Lipinski definition) is 1. The summed E-state index contributed by atoms with van der Waals surface area (Å²) < 4.78 is 17.0.